The first-order valence-electron chi connectivity index (χ1n) is 8.51. The van der Waals surface area contributed by atoms with Crippen LogP contribution in [0.3, 0.4) is 0 Å². The average Bonchev–Trinajstić information content (AvgIpc) is 2.99. The molecule has 3 rings (SSSR count). The van der Waals surface area contributed by atoms with Crippen LogP contribution in [0.15, 0.2) is 42.6 Å². The predicted octanol–water partition coefficient (Wildman–Crippen LogP) is 6.61. The SMILES string of the molecule is Cc1ccc(NC(=S)Nc2nn(Cc3ccc(Cl)c(Cl)c3)cc2Cl)c(OC(F)F)c1. The second-order valence-corrected chi connectivity index (χ2v) is 7.86. The highest BCUT2D eigenvalue weighted by Crippen LogP contribution is 2.28. The summed E-state index contributed by atoms with van der Waals surface area (Å²) in [6.45, 7) is -0.790. The maximum Gasteiger partial charge on any atom is 0.387 e. The number of thiocarbonyl (C=S) groups is 1. The lowest BCUT2D eigenvalue weighted by Crippen LogP contribution is -2.20. The molecule has 0 fully saturated rings. The second-order valence-electron chi connectivity index (χ2n) is 6.23. The Kier molecular flexibility index (Phi) is 7.36. The summed E-state index contributed by atoms with van der Waals surface area (Å²) in [4.78, 5) is 0. The zero-order chi connectivity index (χ0) is 21.8. The average molecular weight is 492 g/mol. The highest BCUT2D eigenvalue weighted by Gasteiger charge is 2.14. The third kappa shape index (κ3) is 5.95. The second kappa shape index (κ2) is 9.78. The first-order valence-corrected chi connectivity index (χ1v) is 10.1. The van der Waals surface area contributed by atoms with Gasteiger partial charge in [-0.05, 0) is 54.5 Å². The van der Waals surface area contributed by atoms with Crippen molar-refractivity contribution in [2.24, 2.45) is 0 Å². The summed E-state index contributed by atoms with van der Waals surface area (Å²) in [5.41, 5.74) is 1.92. The van der Waals surface area contributed by atoms with Gasteiger partial charge in [0, 0.05) is 6.20 Å². The molecule has 0 spiro atoms. The quantitative estimate of drug-likeness (QED) is 0.380. The van der Waals surface area contributed by atoms with E-state index in [1.54, 1.807) is 42.1 Å². The van der Waals surface area contributed by atoms with Crippen molar-refractivity contribution in [2.75, 3.05) is 10.6 Å². The molecule has 1 aromatic heterocycles. The number of rotatable bonds is 6. The highest BCUT2D eigenvalue weighted by atomic mass is 35.5. The summed E-state index contributed by atoms with van der Waals surface area (Å²) in [5, 5.41) is 11.3. The molecule has 0 atom stereocenters. The van der Waals surface area contributed by atoms with Gasteiger partial charge in [0.15, 0.2) is 10.9 Å². The number of aryl methyl sites for hydroxylation is 1. The Morgan fingerprint density at radius 1 is 1.10 bits per heavy atom. The van der Waals surface area contributed by atoms with E-state index in [2.05, 4.69) is 20.5 Å². The molecule has 2 aromatic carbocycles. The molecule has 0 aliphatic rings. The number of alkyl halides is 2. The lowest BCUT2D eigenvalue weighted by Gasteiger charge is -2.14. The topological polar surface area (TPSA) is 51.1 Å². The van der Waals surface area contributed by atoms with E-state index in [9.17, 15) is 8.78 Å². The Morgan fingerprint density at radius 3 is 2.57 bits per heavy atom. The van der Waals surface area contributed by atoms with E-state index in [1.165, 1.54) is 6.07 Å². The minimum atomic E-state index is -2.96. The van der Waals surface area contributed by atoms with Gasteiger partial charge in [0.2, 0.25) is 0 Å². The minimum absolute atomic E-state index is 0.0228. The Bertz CT molecular complexity index is 1080. The van der Waals surface area contributed by atoms with Crippen molar-refractivity contribution in [1.82, 2.24) is 9.78 Å². The van der Waals surface area contributed by atoms with Gasteiger partial charge in [-0.2, -0.15) is 13.9 Å². The van der Waals surface area contributed by atoms with Crippen LogP contribution in [0.5, 0.6) is 5.75 Å². The molecule has 0 bridgehead atoms. The molecule has 0 saturated carbocycles. The van der Waals surface area contributed by atoms with Gasteiger partial charge >= 0.3 is 6.61 Å². The van der Waals surface area contributed by atoms with Crippen LogP contribution >= 0.6 is 47.0 Å². The molecule has 0 aliphatic carbocycles. The highest BCUT2D eigenvalue weighted by molar-refractivity contribution is 7.80. The molecule has 2 N–H and O–H groups in total. The van der Waals surface area contributed by atoms with Crippen LogP contribution in [0.2, 0.25) is 15.1 Å². The van der Waals surface area contributed by atoms with Crippen LogP contribution in [0.1, 0.15) is 11.1 Å². The van der Waals surface area contributed by atoms with Gasteiger partial charge in [0.05, 0.1) is 22.3 Å². The van der Waals surface area contributed by atoms with Gasteiger partial charge in [0.25, 0.3) is 0 Å². The number of hydrogen-bond donors (Lipinski definition) is 2. The number of nitrogens with one attached hydrogen (secondary N) is 2. The number of anilines is 2. The van der Waals surface area contributed by atoms with E-state index in [-0.39, 0.29) is 16.5 Å². The molecule has 5 nitrogen and oxygen atoms in total. The summed E-state index contributed by atoms with van der Waals surface area (Å²) in [6, 6.07) is 10.1. The normalized spacial score (nSPS) is 10.9. The number of halogens is 5. The molecular weight excluding hydrogens is 477 g/mol. The van der Waals surface area contributed by atoms with Crippen LogP contribution in [0.25, 0.3) is 0 Å². The van der Waals surface area contributed by atoms with Gasteiger partial charge in [-0.1, -0.05) is 46.9 Å². The van der Waals surface area contributed by atoms with Gasteiger partial charge < -0.3 is 15.4 Å². The van der Waals surface area contributed by atoms with E-state index < -0.39 is 6.61 Å². The maximum absolute atomic E-state index is 12.7. The lowest BCUT2D eigenvalue weighted by atomic mass is 10.2. The van der Waals surface area contributed by atoms with Gasteiger partial charge in [0.1, 0.15) is 10.8 Å². The first kappa shape index (κ1) is 22.6. The Hall–Kier alpha value is -2.13. The van der Waals surface area contributed by atoms with Crippen molar-refractivity contribution in [1.29, 1.82) is 0 Å². The molecule has 11 heteroatoms. The fraction of sp³-hybridized carbons (Fsp3) is 0.158. The largest absolute Gasteiger partial charge is 0.433 e. The number of hydrogen-bond acceptors (Lipinski definition) is 3. The Balaban J connectivity index is 1.70. The molecule has 0 aliphatic heterocycles. The summed E-state index contributed by atoms with van der Waals surface area (Å²) in [6.07, 6.45) is 1.62. The molecule has 0 saturated heterocycles. The molecular formula is C19H15Cl3F2N4OS. The van der Waals surface area contributed by atoms with Gasteiger partial charge in [-0.3, -0.25) is 4.68 Å². The van der Waals surface area contributed by atoms with Crippen molar-refractivity contribution in [3.8, 4) is 5.75 Å². The zero-order valence-corrected chi connectivity index (χ0v) is 18.5. The van der Waals surface area contributed by atoms with Gasteiger partial charge in [-0.15, -0.1) is 0 Å². The third-order valence-corrected chi connectivity index (χ3v) is 5.10. The summed E-state index contributed by atoms with van der Waals surface area (Å²) in [5.74, 6) is 0.281. The van der Waals surface area contributed by atoms with E-state index in [1.807, 2.05) is 6.07 Å². The standard InChI is InChI=1S/C19H15Cl3F2N4OS/c1-10-2-5-15(16(6-10)29-18(23)24)25-19(30)26-17-14(22)9-28(27-17)8-11-3-4-12(20)13(21)7-11/h2-7,9,18H,8H2,1H3,(H2,25,26,27,30). The number of ether oxygens (including phenoxy) is 1. The van der Waals surface area contributed by atoms with Gasteiger partial charge in [-0.25, -0.2) is 0 Å². The van der Waals surface area contributed by atoms with Crippen molar-refractivity contribution >= 4 is 63.6 Å². The molecule has 3 aromatic rings. The maximum atomic E-state index is 12.7. The monoisotopic (exact) mass is 490 g/mol. The fourth-order valence-electron chi connectivity index (χ4n) is 2.58. The van der Waals surface area contributed by atoms with Crippen molar-refractivity contribution in [2.45, 2.75) is 20.1 Å². The van der Waals surface area contributed by atoms with Crippen LogP contribution in [0.4, 0.5) is 20.3 Å². The molecule has 0 radical (unpaired) electrons. The minimum Gasteiger partial charge on any atom is -0.433 e. The molecule has 1 heterocycles. The summed E-state index contributed by atoms with van der Waals surface area (Å²) >= 11 is 23.4. The van der Waals surface area contributed by atoms with Crippen molar-refractivity contribution in [3.63, 3.8) is 0 Å². The Labute approximate surface area is 191 Å². The summed E-state index contributed by atoms with van der Waals surface area (Å²) in [7, 11) is 0. The van der Waals surface area contributed by atoms with E-state index >= 15 is 0 Å². The molecule has 0 unspecified atom stereocenters. The zero-order valence-electron chi connectivity index (χ0n) is 15.4. The van der Waals surface area contributed by atoms with Crippen LogP contribution in [-0.4, -0.2) is 21.5 Å². The predicted molar refractivity (Wildman–Crippen MR) is 120 cm³/mol. The van der Waals surface area contributed by atoms with E-state index in [0.29, 0.717) is 27.4 Å². The third-order valence-electron chi connectivity index (χ3n) is 3.88. The van der Waals surface area contributed by atoms with E-state index in [0.717, 1.165) is 11.1 Å². The number of aromatic nitrogens is 2. The van der Waals surface area contributed by atoms with Crippen molar-refractivity contribution in [3.05, 3.63) is 68.8 Å². The van der Waals surface area contributed by atoms with Crippen LogP contribution in [-0.2, 0) is 6.54 Å². The molecule has 30 heavy (non-hydrogen) atoms. The lowest BCUT2D eigenvalue weighted by molar-refractivity contribution is -0.0493. The van der Waals surface area contributed by atoms with Crippen LogP contribution < -0.4 is 15.4 Å². The van der Waals surface area contributed by atoms with Crippen molar-refractivity contribution < 1.29 is 13.5 Å². The number of benzene rings is 2. The number of nitrogens with zero attached hydrogens (tertiary/aromatic N) is 2. The van der Waals surface area contributed by atoms with E-state index in [4.69, 9.17) is 47.0 Å². The van der Waals surface area contributed by atoms with Crippen LogP contribution in [0, 0.1) is 6.92 Å². The summed E-state index contributed by atoms with van der Waals surface area (Å²) < 4.78 is 31.4. The first-order chi connectivity index (χ1) is 14.2. The Morgan fingerprint density at radius 2 is 1.87 bits per heavy atom. The molecule has 158 valence electrons. The molecule has 0 amide bonds. The fourth-order valence-corrected chi connectivity index (χ4v) is 3.30. The smallest absolute Gasteiger partial charge is 0.387 e.